The molecule has 1 N–H and O–H groups in total. The van der Waals surface area contributed by atoms with Crippen LogP contribution in [0.15, 0.2) is 34.9 Å². The van der Waals surface area contributed by atoms with E-state index >= 15 is 0 Å². The quantitative estimate of drug-likeness (QED) is 0.435. The summed E-state index contributed by atoms with van der Waals surface area (Å²) in [4.78, 5) is 0. The lowest BCUT2D eigenvalue weighted by molar-refractivity contribution is 0.0125. The second-order valence-corrected chi connectivity index (χ2v) is 10.6. The summed E-state index contributed by atoms with van der Waals surface area (Å²) < 4.78 is 5.82. The highest BCUT2D eigenvalue weighted by Gasteiger charge is 2.53. The van der Waals surface area contributed by atoms with Gasteiger partial charge in [0.25, 0.3) is 0 Å². The lowest BCUT2D eigenvalue weighted by Gasteiger charge is -2.54. The van der Waals surface area contributed by atoms with Gasteiger partial charge in [-0.1, -0.05) is 69.1 Å². The van der Waals surface area contributed by atoms with E-state index in [0.717, 1.165) is 18.9 Å². The zero-order valence-corrected chi connectivity index (χ0v) is 18.5. The van der Waals surface area contributed by atoms with Crippen molar-refractivity contribution in [2.75, 3.05) is 13.2 Å². The van der Waals surface area contributed by atoms with Crippen LogP contribution in [0.5, 0.6) is 0 Å². The van der Waals surface area contributed by atoms with E-state index in [-0.39, 0.29) is 12.0 Å². The van der Waals surface area contributed by atoms with E-state index in [1.807, 2.05) is 13.8 Å². The Labute approximate surface area is 172 Å². The number of hydrogen-bond donors (Lipinski definition) is 1. The molecule has 0 bridgehead atoms. The average Bonchev–Trinajstić information content (AvgIpc) is 3.01. The predicted molar refractivity (Wildman–Crippen MR) is 116 cm³/mol. The van der Waals surface area contributed by atoms with Crippen LogP contribution in [0.4, 0.5) is 0 Å². The highest BCUT2D eigenvalue weighted by atomic mass is 16.5. The van der Waals surface area contributed by atoms with E-state index in [0.29, 0.717) is 23.4 Å². The third-order valence-corrected chi connectivity index (χ3v) is 8.81. The molecule has 0 heterocycles. The summed E-state index contributed by atoms with van der Waals surface area (Å²) in [6.07, 6.45) is 17.6. The van der Waals surface area contributed by atoms with Gasteiger partial charge < -0.3 is 9.84 Å². The zero-order valence-electron chi connectivity index (χ0n) is 18.5. The predicted octanol–water partition coefficient (Wildman–Crippen LogP) is 6.22. The first-order valence-corrected chi connectivity index (χ1v) is 11.7. The van der Waals surface area contributed by atoms with Crippen LogP contribution in [0.1, 0.15) is 79.1 Å². The Kier molecular flexibility index (Phi) is 5.66. The summed E-state index contributed by atoms with van der Waals surface area (Å²) in [6.45, 7) is 10.4. The molecule has 0 saturated heterocycles. The van der Waals surface area contributed by atoms with Crippen molar-refractivity contribution in [3.63, 3.8) is 0 Å². The van der Waals surface area contributed by atoms with Crippen LogP contribution in [0.2, 0.25) is 0 Å². The van der Waals surface area contributed by atoms with Crippen LogP contribution in [0, 0.1) is 28.6 Å². The molecule has 0 aromatic heterocycles. The molecule has 0 aromatic carbocycles. The van der Waals surface area contributed by atoms with E-state index < -0.39 is 0 Å². The van der Waals surface area contributed by atoms with Crippen LogP contribution < -0.4 is 0 Å². The molecule has 2 saturated carbocycles. The van der Waals surface area contributed by atoms with Crippen LogP contribution in [0.3, 0.4) is 0 Å². The minimum absolute atomic E-state index is 0.264. The molecule has 28 heavy (non-hydrogen) atoms. The van der Waals surface area contributed by atoms with Gasteiger partial charge in [0.2, 0.25) is 0 Å². The number of allylic oxidation sites excluding steroid dienone is 5. The lowest BCUT2D eigenvalue weighted by Crippen LogP contribution is -2.44. The Bertz CT molecular complexity index is 685. The standard InChI is InChI=1S/C26H40O2/c1-18(2)24(27)17-28-16-13-20-9-11-22-21-10-8-19-7-5-6-14-25(19,3)23(21)12-15-26(20,22)4/h8-10,18,22-24,27H,5-7,11-17H2,1-4H3/t22-,23-,24+,25-,26+/m0/s1. The topological polar surface area (TPSA) is 29.5 Å². The Morgan fingerprint density at radius 2 is 1.93 bits per heavy atom. The molecule has 4 aliphatic carbocycles. The Morgan fingerprint density at radius 3 is 2.71 bits per heavy atom. The van der Waals surface area contributed by atoms with Gasteiger partial charge >= 0.3 is 0 Å². The average molecular weight is 385 g/mol. The summed E-state index contributed by atoms with van der Waals surface area (Å²) in [5.41, 5.74) is 5.85. The molecule has 2 heteroatoms. The summed E-state index contributed by atoms with van der Waals surface area (Å²) in [5.74, 6) is 1.73. The Hall–Kier alpha value is -0.860. The number of ether oxygens (including phenoxy) is 1. The van der Waals surface area contributed by atoms with Crippen molar-refractivity contribution in [1.29, 1.82) is 0 Å². The van der Waals surface area contributed by atoms with Crippen molar-refractivity contribution >= 4 is 0 Å². The van der Waals surface area contributed by atoms with Crippen LogP contribution in [-0.4, -0.2) is 24.4 Å². The summed E-state index contributed by atoms with van der Waals surface area (Å²) in [6, 6.07) is 0. The minimum atomic E-state index is -0.346. The van der Waals surface area contributed by atoms with E-state index in [1.54, 1.807) is 16.7 Å². The van der Waals surface area contributed by atoms with Gasteiger partial charge in [0.1, 0.15) is 0 Å². The molecule has 0 spiro atoms. The highest BCUT2D eigenvalue weighted by Crippen LogP contribution is 2.63. The molecule has 0 amide bonds. The molecule has 4 rings (SSSR count). The normalized spacial score (nSPS) is 38.1. The highest BCUT2D eigenvalue weighted by molar-refractivity contribution is 5.41. The Morgan fingerprint density at radius 1 is 1.11 bits per heavy atom. The second kappa shape index (κ2) is 7.76. The molecule has 156 valence electrons. The zero-order chi connectivity index (χ0) is 19.9. The van der Waals surface area contributed by atoms with E-state index in [1.165, 1.54) is 44.9 Å². The molecule has 0 aromatic rings. The molecule has 0 radical (unpaired) electrons. The largest absolute Gasteiger partial charge is 0.390 e. The number of aliphatic hydroxyl groups is 1. The molecular weight excluding hydrogens is 344 g/mol. The Balaban J connectivity index is 1.43. The van der Waals surface area contributed by atoms with Crippen molar-refractivity contribution in [1.82, 2.24) is 0 Å². The number of fused-ring (bicyclic) bond motifs is 5. The van der Waals surface area contributed by atoms with Crippen molar-refractivity contribution in [3.8, 4) is 0 Å². The fourth-order valence-electron chi connectivity index (χ4n) is 6.68. The maximum Gasteiger partial charge on any atom is 0.0796 e. The van der Waals surface area contributed by atoms with Crippen molar-refractivity contribution in [3.05, 3.63) is 34.9 Å². The molecule has 4 aliphatic rings. The molecule has 0 unspecified atom stereocenters. The first kappa shape index (κ1) is 20.4. The van der Waals surface area contributed by atoms with Gasteiger partial charge in [-0.2, -0.15) is 0 Å². The monoisotopic (exact) mass is 384 g/mol. The fourth-order valence-corrected chi connectivity index (χ4v) is 6.68. The molecule has 5 atom stereocenters. The van der Waals surface area contributed by atoms with E-state index in [9.17, 15) is 5.11 Å². The number of aliphatic hydroxyl groups excluding tert-OH is 1. The fraction of sp³-hybridized carbons (Fsp3) is 0.769. The summed E-state index contributed by atoms with van der Waals surface area (Å²) in [5, 5.41) is 9.95. The lowest BCUT2D eigenvalue weighted by atomic mass is 9.50. The van der Waals surface area contributed by atoms with Crippen LogP contribution in [-0.2, 0) is 4.74 Å². The van der Waals surface area contributed by atoms with Gasteiger partial charge in [-0.3, -0.25) is 0 Å². The van der Waals surface area contributed by atoms with Crippen molar-refractivity contribution in [2.24, 2.45) is 28.6 Å². The van der Waals surface area contributed by atoms with Gasteiger partial charge in [-0.15, -0.1) is 0 Å². The van der Waals surface area contributed by atoms with Crippen LogP contribution >= 0.6 is 0 Å². The maximum atomic E-state index is 9.95. The van der Waals surface area contributed by atoms with Gasteiger partial charge in [-0.05, 0) is 73.5 Å². The number of hydrogen-bond acceptors (Lipinski definition) is 2. The molecule has 2 nitrogen and oxygen atoms in total. The van der Waals surface area contributed by atoms with Gasteiger partial charge in [0.05, 0.1) is 19.3 Å². The first-order chi connectivity index (χ1) is 13.4. The van der Waals surface area contributed by atoms with Gasteiger partial charge in [0, 0.05) is 0 Å². The van der Waals surface area contributed by atoms with Gasteiger partial charge in [-0.25, -0.2) is 0 Å². The smallest absolute Gasteiger partial charge is 0.0796 e. The third kappa shape index (κ3) is 3.35. The van der Waals surface area contributed by atoms with Gasteiger partial charge in [0.15, 0.2) is 0 Å². The van der Waals surface area contributed by atoms with Crippen molar-refractivity contribution < 1.29 is 9.84 Å². The number of rotatable bonds is 6. The molecule has 0 aliphatic heterocycles. The summed E-state index contributed by atoms with van der Waals surface area (Å²) >= 11 is 0. The molecule has 2 fully saturated rings. The first-order valence-electron chi connectivity index (χ1n) is 11.7. The molecular formula is C26H40O2. The van der Waals surface area contributed by atoms with E-state index in [4.69, 9.17) is 4.74 Å². The minimum Gasteiger partial charge on any atom is -0.390 e. The SMILES string of the molecule is CC(C)[C@H](O)COCCC1=CC[C@H]2C3=CC=C4CCCC[C@]4(C)[C@H]3CC[C@]12C. The summed E-state index contributed by atoms with van der Waals surface area (Å²) in [7, 11) is 0. The second-order valence-electron chi connectivity index (χ2n) is 10.6. The van der Waals surface area contributed by atoms with E-state index in [2.05, 4.69) is 32.1 Å². The maximum absolute atomic E-state index is 9.95. The van der Waals surface area contributed by atoms with Crippen LogP contribution in [0.25, 0.3) is 0 Å². The third-order valence-electron chi connectivity index (χ3n) is 8.81. The van der Waals surface area contributed by atoms with Crippen molar-refractivity contribution in [2.45, 2.75) is 85.2 Å².